The second-order valence-corrected chi connectivity index (χ2v) is 4.70. The van der Waals surface area contributed by atoms with Crippen molar-refractivity contribution in [2.75, 3.05) is 7.11 Å². The average Bonchev–Trinajstić information content (AvgIpc) is 2.48. The van der Waals surface area contributed by atoms with Gasteiger partial charge in [0.05, 0.1) is 13.2 Å². The van der Waals surface area contributed by atoms with Gasteiger partial charge in [-0.1, -0.05) is 42.0 Å². The summed E-state index contributed by atoms with van der Waals surface area (Å²) in [5, 5.41) is 0. The summed E-state index contributed by atoms with van der Waals surface area (Å²) in [5.41, 5.74) is 3.28. The maximum Gasteiger partial charge on any atom is 0.235 e. The van der Waals surface area contributed by atoms with E-state index in [0.29, 0.717) is 6.42 Å². The van der Waals surface area contributed by atoms with Gasteiger partial charge in [0.25, 0.3) is 0 Å². The molecule has 0 fully saturated rings. The summed E-state index contributed by atoms with van der Waals surface area (Å²) in [6, 6.07) is 15.6. The van der Waals surface area contributed by atoms with Crippen LogP contribution in [0.3, 0.4) is 0 Å². The van der Waals surface area contributed by atoms with Gasteiger partial charge in [-0.05, 0) is 36.6 Å². The highest BCUT2D eigenvalue weighted by Gasteiger charge is 2.11. The van der Waals surface area contributed by atoms with Crippen molar-refractivity contribution < 1.29 is 9.53 Å². The lowest BCUT2D eigenvalue weighted by atomic mass is 9.98. The molecule has 1 unspecified atom stereocenters. The van der Waals surface area contributed by atoms with Crippen LogP contribution in [0.1, 0.15) is 22.7 Å². The van der Waals surface area contributed by atoms with Gasteiger partial charge in [0, 0.05) is 0 Å². The third kappa shape index (κ3) is 3.56. The predicted octanol–water partition coefficient (Wildman–Crippen LogP) is 3.62. The highest BCUT2D eigenvalue weighted by Crippen LogP contribution is 2.24. The summed E-state index contributed by atoms with van der Waals surface area (Å²) in [7, 11) is 1.64. The molecule has 3 nitrogen and oxygen atoms in total. The molecular weight excluding hydrogens is 250 g/mol. The summed E-state index contributed by atoms with van der Waals surface area (Å²) in [6.45, 7) is 2.03. The average molecular weight is 267 g/mol. The summed E-state index contributed by atoms with van der Waals surface area (Å²) >= 11 is 0. The van der Waals surface area contributed by atoms with Crippen LogP contribution >= 0.6 is 0 Å². The molecule has 0 N–H and O–H groups in total. The summed E-state index contributed by atoms with van der Waals surface area (Å²) in [4.78, 5) is 14.6. The van der Waals surface area contributed by atoms with E-state index in [2.05, 4.69) is 4.99 Å². The molecule has 0 saturated heterocycles. The minimum absolute atomic E-state index is 0.208. The number of benzene rings is 2. The second kappa shape index (κ2) is 6.69. The van der Waals surface area contributed by atoms with Crippen LogP contribution in [0.15, 0.2) is 53.5 Å². The zero-order valence-electron chi connectivity index (χ0n) is 11.7. The second-order valence-electron chi connectivity index (χ2n) is 4.70. The number of aliphatic imine (C=N–C) groups is 1. The fourth-order valence-electron chi connectivity index (χ4n) is 2.11. The Morgan fingerprint density at radius 1 is 1.20 bits per heavy atom. The number of methoxy groups -OCH3 is 1. The minimum atomic E-state index is -0.208. The summed E-state index contributed by atoms with van der Waals surface area (Å²) in [6.07, 6.45) is 2.32. The van der Waals surface area contributed by atoms with Crippen LogP contribution in [0.2, 0.25) is 0 Å². The molecule has 2 aromatic carbocycles. The number of hydrogen-bond acceptors (Lipinski definition) is 3. The number of ether oxygens (including phenoxy) is 1. The zero-order valence-corrected chi connectivity index (χ0v) is 11.7. The largest absolute Gasteiger partial charge is 0.497 e. The number of carbonyl (C=O) groups excluding carboxylic acids is 1. The van der Waals surface area contributed by atoms with Gasteiger partial charge in [-0.25, -0.2) is 4.79 Å². The molecule has 3 heteroatoms. The third-order valence-electron chi connectivity index (χ3n) is 3.23. The summed E-state index contributed by atoms with van der Waals surface area (Å²) < 4.78 is 5.21. The van der Waals surface area contributed by atoms with E-state index in [0.717, 1.165) is 16.9 Å². The van der Waals surface area contributed by atoms with E-state index >= 15 is 0 Å². The van der Waals surface area contributed by atoms with Crippen molar-refractivity contribution in [2.45, 2.75) is 19.4 Å². The molecule has 0 aliphatic carbocycles. The lowest BCUT2D eigenvalue weighted by Crippen LogP contribution is -2.00. The van der Waals surface area contributed by atoms with Gasteiger partial charge >= 0.3 is 0 Å². The highest BCUT2D eigenvalue weighted by atomic mass is 16.5. The molecule has 0 aliphatic rings. The first kappa shape index (κ1) is 14.0. The molecule has 0 aromatic heterocycles. The predicted molar refractivity (Wildman–Crippen MR) is 78.7 cm³/mol. The maximum atomic E-state index is 10.7. The van der Waals surface area contributed by atoms with Crippen molar-refractivity contribution in [3.05, 3.63) is 65.2 Å². The van der Waals surface area contributed by atoms with E-state index < -0.39 is 0 Å². The van der Waals surface area contributed by atoms with Gasteiger partial charge in [0.1, 0.15) is 5.75 Å². The third-order valence-corrected chi connectivity index (χ3v) is 3.23. The highest BCUT2D eigenvalue weighted by molar-refractivity contribution is 5.37. The molecule has 1 atom stereocenters. The van der Waals surface area contributed by atoms with Crippen LogP contribution in [0, 0.1) is 6.92 Å². The lowest BCUT2D eigenvalue weighted by Gasteiger charge is -2.12. The number of isocyanates is 1. The van der Waals surface area contributed by atoms with E-state index in [1.54, 1.807) is 13.2 Å². The van der Waals surface area contributed by atoms with Gasteiger partial charge < -0.3 is 4.74 Å². The topological polar surface area (TPSA) is 38.7 Å². The molecular formula is C17H17NO2. The molecule has 0 bridgehead atoms. The fraction of sp³-hybridized carbons (Fsp3) is 0.235. The van der Waals surface area contributed by atoms with Crippen molar-refractivity contribution in [3.8, 4) is 5.75 Å². The Bertz CT molecular complexity index is 613. The molecule has 0 amide bonds. The Balaban J connectivity index is 2.25. The van der Waals surface area contributed by atoms with Crippen LogP contribution < -0.4 is 4.74 Å². The van der Waals surface area contributed by atoms with E-state index in [9.17, 15) is 4.79 Å². The first-order valence-electron chi connectivity index (χ1n) is 6.49. The monoisotopic (exact) mass is 267 g/mol. The number of hydrogen-bond donors (Lipinski definition) is 0. The normalized spacial score (nSPS) is 11.5. The molecule has 0 radical (unpaired) electrons. The van der Waals surface area contributed by atoms with E-state index in [1.165, 1.54) is 5.56 Å². The van der Waals surface area contributed by atoms with Crippen molar-refractivity contribution in [2.24, 2.45) is 4.99 Å². The summed E-state index contributed by atoms with van der Waals surface area (Å²) in [5.74, 6) is 0.806. The molecule has 20 heavy (non-hydrogen) atoms. The number of nitrogens with zero attached hydrogens (tertiary/aromatic N) is 1. The quantitative estimate of drug-likeness (QED) is 0.613. The zero-order chi connectivity index (χ0) is 14.4. The van der Waals surface area contributed by atoms with Crippen molar-refractivity contribution in [3.63, 3.8) is 0 Å². The van der Waals surface area contributed by atoms with E-state index in [-0.39, 0.29) is 6.04 Å². The van der Waals surface area contributed by atoms with Gasteiger partial charge in [0.2, 0.25) is 6.08 Å². The van der Waals surface area contributed by atoms with Crippen molar-refractivity contribution in [1.82, 2.24) is 0 Å². The Labute approximate surface area is 118 Å². The first-order chi connectivity index (χ1) is 9.72. The first-order valence-corrected chi connectivity index (χ1v) is 6.49. The van der Waals surface area contributed by atoms with Gasteiger partial charge in [-0.3, -0.25) is 0 Å². The van der Waals surface area contributed by atoms with Gasteiger partial charge in [-0.15, -0.1) is 0 Å². The molecule has 2 rings (SSSR count). The number of rotatable bonds is 5. The molecule has 102 valence electrons. The molecule has 0 heterocycles. The maximum absolute atomic E-state index is 10.7. The minimum Gasteiger partial charge on any atom is -0.497 e. The Hall–Kier alpha value is -2.38. The van der Waals surface area contributed by atoms with Gasteiger partial charge in [-0.2, -0.15) is 4.99 Å². The SMILES string of the molecule is COc1cccc(CC(N=C=O)c2ccc(C)cc2)c1. The standard InChI is InChI=1S/C17H17NO2/c1-13-6-8-15(9-7-13)17(18-12-19)11-14-4-3-5-16(10-14)20-2/h3-10,17H,11H2,1-2H3. The molecule has 2 aromatic rings. The molecule has 0 spiro atoms. The van der Waals surface area contributed by atoms with Crippen LogP contribution in [0.4, 0.5) is 0 Å². The van der Waals surface area contributed by atoms with E-state index in [1.807, 2.05) is 55.5 Å². The fourth-order valence-corrected chi connectivity index (χ4v) is 2.11. The van der Waals surface area contributed by atoms with E-state index in [4.69, 9.17) is 4.74 Å². The van der Waals surface area contributed by atoms with Crippen molar-refractivity contribution in [1.29, 1.82) is 0 Å². The van der Waals surface area contributed by atoms with Crippen LogP contribution in [-0.4, -0.2) is 13.2 Å². The Morgan fingerprint density at radius 3 is 2.60 bits per heavy atom. The Kier molecular flexibility index (Phi) is 4.70. The van der Waals surface area contributed by atoms with Crippen LogP contribution in [-0.2, 0) is 11.2 Å². The Morgan fingerprint density at radius 2 is 1.95 bits per heavy atom. The smallest absolute Gasteiger partial charge is 0.235 e. The van der Waals surface area contributed by atoms with Crippen LogP contribution in [0.25, 0.3) is 0 Å². The van der Waals surface area contributed by atoms with Crippen molar-refractivity contribution >= 4 is 6.08 Å². The molecule has 0 aliphatic heterocycles. The molecule has 0 saturated carbocycles. The van der Waals surface area contributed by atoms with Crippen LogP contribution in [0.5, 0.6) is 5.75 Å². The van der Waals surface area contributed by atoms with Gasteiger partial charge in [0.15, 0.2) is 0 Å². The number of aryl methyl sites for hydroxylation is 1. The lowest BCUT2D eigenvalue weighted by molar-refractivity contribution is 0.414.